The third-order valence-corrected chi connectivity index (χ3v) is 5.87. The molecule has 0 saturated heterocycles. The zero-order chi connectivity index (χ0) is 23.5. The van der Waals surface area contributed by atoms with Crippen molar-refractivity contribution in [1.82, 2.24) is 5.32 Å². The smallest absolute Gasteiger partial charge is 0.219 e. The lowest BCUT2D eigenvalue weighted by atomic mass is 10.1. The molecule has 0 aliphatic carbocycles. The van der Waals surface area contributed by atoms with Gasteiger partial charge in [0.1, 0.15) is 0 Å². The summed E-state index contributed by atoms with van der Waals surface area (Å²) in [7, 11) is 0. The summed E-state index contributed by atoms with van der Waals surface area (Å²) in [6.45, 7) is 3.63. The van der Waals surface area contributed by atoms with Crippen molar-refractivity contribution in [2.75, 3.05) is 13.1 Å². The topological polar surface area (TPSA) is 93.5 Å². The molecule has 0 aliphatic heterocycles. The Kier molecular flexibility index (Phi) is 24.5. The monoisotopic (exact) mass is 450 g/mol. The summed E-state index contributed by atoms with van der Waals surface area (Å²) >= 11 is 0. The molecular weight excluding hydrogens is 396 g/mol. The molecule has 0 rings (SSSR count). The number of guanidine groups is 1. The summed E-state index contributed by atoms with van der Waals surface area (Å²) in [5.41, 5.74) is 10.5. The molecular formula is C27H54N4O. The first-order valence-corrected chi connectivity index (χ1v) is 13.6. The largest absolute Gasteiger partial charge is 0.370 e. The van der Waals surface area contributed by atoms with Gasteiger partial charge in [-0.15, -0.1) is 0 Å². The summed E-state index contributed by atoms with van der Waals surface area (Å²) in [6, 6.07) is 0. The summed E-state index contributed by atoms with van der Waals surface area (Å²) in [4.78, 5) is 15.7. The number of carbonyl (C=O) groups excluding carboxylic acids is 1. The van der Waals surface area contributed by atoms with Crippen molar-refractivity contribution in [1.29, 1.82) is 0 Å². The first-order chi connectivity index (χ1) is 15.7. The van der Waals surface area contributed by atoms with Crippen LogP contribution in [0.5, 0.6) is 0 Å². The minimum absolute atomic E-state index is 0.135. The third-order valence-electron chi connectivity index (χ3n) is 5.87. The second-order valence-corrected chi connectivity index (χ2v) is 9.11. The quantitative estimate of drug-likeness (QED) is 0.0656. The standard InChI is InChI=1S/C27H54N4O/c1-2-3-4-5-6-7-8-9-10-11-12-13-14-15-16-17-18-19-20-23-26(32)30-24-21-22-25-31-27(28)29/h9-10H,2-8,11-25H2,1H3,(H,30,32)(H4,28,29,31)/b10-9-. The van der Waals surface area contributed by atoms with Gasteiger partial charge in [0.2, 0.25) is 5.91 Å². The first kappa shape index (κ1) is 30.5. The van der Waals surface area contributed by atoms with Gasteiger partial charge in [0, 0.05) is 19.5 Å². The number of aliphatic imine (C=N–C) groups is 1. The average molecular weight is 451 g/mol. The number of unbranched alkanes of at least 4 members (excludes halogenated alkanes) is 16. The lowest BCUT2D eigenvalue weighted by Gasteiger charge is -2.05. The minimum Gasteiger partial charge on any atom is -0.370 e. The van der Waals surface area contributed by atoms with Crippen LogP contribution in [0.2, 0.25) is 0 Å². The molecule has 0 heterocycles. The highest BCUT2D eigenvalue weighted by Crippen LogP contribution is 2.12. The van der Waals surface area contributed by atoms with Crippen LogP contribution < -0.4 is 16.8 Å². The fraction of sp³-hybridized carbons (Fsp3) is 0.852. The molecule has 1 amide bonds. The molecule has 0 bridgehead atoms. The van der Waals surface area contributed by atoms with Gasteiger partial charge in [-0.1, -0.05) is 96.1 Å². The summed E-state index contributed by atoms with van der Waals surface area (Å²) in [5.74, 6) is 0.309. The fourth-order valence-corrected chi connectivity index (χ4v) is 3.82. The van der Waals surface area contributed by atoms with Crippen LogP contribution in [-0.4, -0.2) is 25.0 Å². The highest BCUT2D eigenvalue weighted by atomic mass is 16.1. The van der Waals surface area contributed by atoms with E-state index in [9.17, 15) is 4.79 Å². The molecule has 0 radical (unpaired) electrons. The van der Waals surface area contributed by atoms with Gasteiger partial charge in [-0.2, -0.15) is 0 Å². The normalized spacial score (nSPS) is 11.2. The highest BCUT2D eigenvalue weighted by Gasteiger charge is 2.00. The van der Waals surface area contributed by atoms with Crippen LogP contribution in [-0.2, 0) is 4.79 Å². The number of amides is 1. The zero-order valence-corrected chi connectivity index (χ0v) is 21.2. The summed E-state index contributed by atoms with van der Waals surface area (Å²) in [6.07, 6.45) is 29.7. The Bertz CT molecular complexity index is 459. The van der Waals surface area contributed by atoms with Crippen LogP contribution in [0.3, 0.4) is 0 Å². The van der Waals surface area contributed by atoms with E-state index in [1.165, 1.54) is 103 Å². The maximum absolute atomic E-state index is 11.8. The third kappa shape index (κ3) is 26.5. The van der Waals surface area contributed by atoms with Crippen molar-refractivity contribution >= 4 is 11.9 Å². The average Bonchev–Trinajstić information content (AvgIpc) is 2.77. The van der Waals surface area contributed by atoms with Crippen LogP contribution in [0.4, 0.5) is 0 Å². The van der Waals surface area contributed by atoms with Crippen molar-refractivity contribution in [3.05, 3.63) is 12.2 Å². The molecule has 0 saturated carbocycles. The lowest BCUT2D eigenvalue weighted by molar-refractivity contribution is -0.121. The molecule has 5 N–H and O–H groups in total. The van der Waals surface area contributed by atoms with E-state index in [2.05, 4.69) is 29.4 Å². The van der Waals surface area contributed by atoms with E-state index in [0.717, 1.165) is 19.3 Å². The minimum atomic E-state index is 0.135. The van der Waals surface area contributed by atoms with E-state index in [4.69, 9.17) is 11.5 Å². The molecule has 188 valence electrons. The van der Waals surface area contributed by atoms with Crippen LogP contribution in [0.25, 0.3) is 0 Å². The van der Waals surface area contributed by atoms with E-state index < -0.39 is 0 Å². The van der Waals surface area contributed by atoms with E-state index in [0.29, 0.717) is 19.5 Å². The molecule has 0 spiro atoms. The van der Waals surface area contributed by atoms with Crippen LogP contribution in [0, 0.1) is 0 Å². The van der Waals surface area contributed by atoms with Crippen LogP contribution >= 0.6 is 0 Å². The Morgan fingerprint density at radius 3 is 1.72 bits per heavy atom. The predicted octanol–water partition coefficient (Wildman–Crippen LogP) is 6.75. The SMILES string of the molecule is CCCCCCCC/C=C\CCCCCCCCCCCC(=O)NCCCCN=C(N)N. The van der Waals surface area contributed by atoms with Gasteiger partial charge in [-0.25, -0.2) is 0 Å². The van der Waals surface area contributed by atoms with Gasteiger partial charge in [-0.3, -0.25) is 9.79 Å². The van der Waals surface area contributed by atoms with Crippen molar-refractivity contribution in [3.63, 3.8) is 0 Å². The Morgan fingerprint density at radius 1 is 0.688 bits per heavy atom. The van der Waals surface area contributed by atoms with E-state index in [-0.39, 0.29) is 11.9 Å². The molecule has 0 atom stereocenters. The lowest BCUT2D eigenvalue weighted by Crippen LogP contribution is -2.24. The number of nitrogens with one attached hydrogen (secondary N) is 1. The molecule has 0 aromatic heterocycles. The van der Waals surface area contributed by atoms with E-state index in [1.807, 2.05) is 0 Å². The van der Waals surface area contributed by atoms with Gasteiger partial charge in [-0.05, 0) is 44.9 Å². The number of nitrogens with zero attached hydrogens (tertiary/aromatic N) is 1. The van der Waals surface area contributed by atoms with E-state index >= 15 is 0 Å². The Morgan fingerprint density at radius 2 is 1.19 bits per heavy atom. The van der Waals surface area contributed by atoms with E-state index in [1.54, 1.807) is 0 Å². The Balaban J connectivity index is 3.20. The molecule has 5 heteroatoms. The highest BCUT2D eigenvalue weighted by molar-refractivity contribution is 5.76. The number of hydrogen-bond acceptors (Lipinski definition) is 2. The predicted molar refractivity (Wildman–Crippen MR) is 141 cm³/mol. The summed E-state index contributed by atoms with van der Waals surface area (Å²) < 4.78 is 0. The second kappa shape index (κ2) is 25.7. The molecule has 0 aromatic rings. The number of hydrogen-bond donors (Lipinski definition) is 3. The number of carbonyl (C=O) groups is 1. The molecule has 0 aromatic carbocycles. The fourth-order valence-electron chi connectivity index (χ4n) is 3.82. The Labute approximate surface area is 199 Å². The molecule has 5 nitrogen and oxygen atoms in total. The second-order valence-electron chi connectivity index (χ2n) is 9.11. The first-order valence-electron chi connectivity index (χ1n) is 13.6. The molecule has 0 unspecified atom stereocenters. The molecule has 0 aliphatic rings. The Hall–Kier alpha value is -1.52. The van der Waals surface area contributed by atoms with Crippen molar-refractivity contribution in [3.8, 4) is 0 Å². The number of nitrogens with two attached hydrogens (primary N) is 2. The van der Waals surface area contributed by atoms with Crippen molar-refractivity contribution in [2.45, 2.75) is 135 Å². The number of allylic oxidation sites excluding steroid dienone is 2. The molecule has 0 fully saturated rings. The van der Waals surface area contributed by atoms with Crippen LogP contribution in [0.15, 0.2) is 17.1 Å². The van der Waals surface area contributed by atoms with Gasteiger partial charge in [0.15, 0.2) is 5.96 Å². The van der Waals surface area contributed by atoms with Crippen molar-refractivity contribution < 1.29 is 4.79 Å². The maximum Gasteiger partial charge on any atom is 0.219 e. The number of rotatable bonds is 24. The van der Waals surface area contributed by atoms with Gasteiger partial charge in [0.25, 0.3) is 0 Å². The summed E-state index contributed by atoms with van der Waals surface area (Å²) in [5, 5.41) is 2.97. The van der Waals surface area contributed by atoms with Gasteiger partial charge < -0.3 is 16.8 Å². The van der Waals surface area contributed by atoms with Gasteiger partial charge in [0.05, 0.1) is 0 Å². The zero-order valence-electron chi connectivity index (χ0n) is 21.2. The van der Waals surface area contributed by atoms with Gasteiger partial charge >= 0.3 is 0 Å². The van der Waals surface area contributed by atoms with Crippen molar-refractivity contribution in [2.24, 2.45) is 16.5 Å². The molecule has 32 heavy (non-hydrogen) atoms. The van der Waals surface area contributed by atoms with Crippen LogP contribution in [0.1, 0.15) is 135 Å². The maximum atomic E-state index is 11.8.